The van der Waals surface area contributed by atoms with Gasteiger partial charge >= 0.3 is 12.1 Å². The fourth-order valence-electron chi connectivity index (χ4n) is 1.47. The highest BCUT2D eigenvalue weighted by Gasteiger charge is 2.62. The Morgan fingerprint density at radius 2 is 1.65 bits per heavy atom. The lowest BCUT2D eigenvalue weighted by Crippen LogP contribution is -2.58. The van der Waals surface area contributed by atoms with Crippen LogP contribution < -0.4 is 10.5 Å². The molecule has 23 heavy (non-hydrogen) atoms. The van der Waals surface area contributed by atoms with Gasteiger partial charge in [-0.15, -0.1) is 0 Å². The van der Waals surface area contributed by atoms with Crippen LogP contribution in [0.3, 0.4) is 0 Å². The number of sulfonamides is 1. The molecule has 1 rings (SSSR count). The van der Waals surface area contributed by atoms with E-state index in [0.717, 1.165) is 16.9 Å². The molecule has 0 saturated carbocycles. The fraction of sp³-hybridized carbons (Fsp3) is 0.400. The Kier molecular flexibility index (Phi) is 5.28. The number of hydrogen-bond donors (Lipinski definition) is 2. The van der Waals surface area contributed by atoms with Gasteiger partial charge < -0.3 is 5.73 Å². The molecule has 1 aromatic rings. The fourth-order valence-corrected chi connectivity index (χ4v) is 2.72. The van der Waals surface area contributed by atoms with E-state index in [4.69, 9.17) is 5.73 Å². The van der Waals surface area contributed by atoms with Crippen molar-refractivity contribution in [2.24, 2.45) is 5.73 Å². The Morgan fingerprint density at radius 3 is 2.00 bits per heavy atom. The highest BCUT2D eigenvalue weighted by molar-refractivity contribution is 7.89. The van der Waals surface area contributed by atoms with Crippen LogP contribution in [0.1, 0.15) is 0 Å². The van der Waals surface area contributed by atoms with Crippen molar-refractivity contribution in [2.45, 2.75) is 23.0 Å². The number of nitro benzene ring substituents is 1. The molecule has 0 aliphatic rings. The smallest absolute Gasteiger partial charge is 0.329 e. The molecule has 7 nitrogen and oxygen atoms in total. The number of benzene rings is 1. The zero-order valence-electron chi connectivity index (χ0n) is 11.0. The van der Waals surface area contributed by atoms with Crippen LogP contribution in [0, 0.1) is 10.1 Å². The highest BCUT2D eigenvalue weighted by Crippen LogP contribution is 2.38. The molecule has 0 spiro atoms. The maximum absolute atomic E-state index is 13.2. The molecule has 1 aromatic carbocycles. The molecule has 1 unspecified atom stereocenters. The van der Waals surface area contributed by atoms with E-state index >= 15 is 0 Å². The molecule has 0 fully saturated rings. The zero-order valence-corrected chi connectivity index (χ0v) is 11.9. The average Bonchev–Trinajstić information content (AvgIpc) is 2.43. The quantitative estimate of drug-likeness (QED) is 0.450. The van der Waals surface area contributed by atoms with Crippen molar-refractivity contribution < 1.29 is 35.3 Å². The van der Waals surface area contributed by atoms with Gasteiger partial charge in [0.05, 0.1) is 9.82 Å². The largest absolute Gasteiger partial charge is 0.455 e. The van der Waals surface area contributed by atoms with E-state index in [-0.39, 0.29) is 0 Å². The van der Waals surface area contributed by atoms with Crippen LogP contribution in [-0.2, 0) is 10.0 Å². The minimum Gasteiger partial charge on any atom is -0.329 e. The Balaban J connectivity index is 3.11. The van der Waals surface area contributed by atoms with Gasteiger partial charge in [-0.3, -0.25) is 10.1 Å². The van der Waals surface area contributed by atoms with Crippen LogP contribution in [-0.4, -0.2) is 38.0 Å². The second-order valence-corrected chi connectivity index (χ2v) is 6.00. The third kappa shape index (κ3) is 4.11. The van der Waals surface area contributed by atoms with E-state index < -0.39 is 50.2 Å². The van der Waals surface area contributed by atoms with Crippen molar-refractivity contribution in [2.75, 3.05) is 6.54 Å². The summed E-state index contributed by atoms with van der Waals surface area (Å²) in [5.41, 5.74) is 4.32. The number of nitro groups is 1. The van der Waals surface area contributed by atoms with Crippen LogP contribution in [0.2, 0.25) is 0 Å². The summed E-state index contributed by atoms with van der Waals surface area (Å²) in [7, 11) is -4.79. The summed E-state index contributed by atoms with van der Waals surface area (Å²) in [6.07, 6.45) is -6.00. The number of alkyl halides is 5. The van der Waals surface area contributed by atoms with Gasteiger partial charge in [0.1, 0.15) is 6.04 Å². The van der Waals surface area contributed by atoms with Crippen molar-refractivity contribution in [1.82, 2.24) is 4.72 Å². The summed E-state index contributed by atoms with van der Waals surface area (Å²) in [5.74, 6) is -5.39. The van der Waals surface area contributed by atoms with Crippen LogP contribution in [0.5, 0.6) is 0 Å². The standard InChI is InChI=1S/C10H10F5N3O4S/c11-9(12,10(13,14)15)8(5-16)17-23(21,22)7-3-1-6(2-4-7)18(19)20/h1-4,8,17H,5,16H2. The number of nitrogens with zero attached hydrogens (tertiary/aromatic N) is 1. The van der Waals surface area contributed by atoms with Crippen LogP contribution in [0.15, 0.2) is 29.2 Å². The average molecular weight is 363 g/mol. The first kappa shape index (κ1) is 19.2. The predicted octanol–water partition coefficient (Wildman–Crippen LogP) is 1.40. The van der Waals surface area contributed by atoms with Gasteiger partial charge in [0.15, 0.2) is 0 Å². The summed E-state index contributed by atoms with van der Waals surface area (Å²) in [4.78, 5) is 8.86. The molecule has 0 heterocycles. The van der Waals surface area contributed by atoms with E-state index in [1.54, 1.807) is 0 Å². The SMILES string of the molecule is NCC(NS(=O)(=O)c1ccc([N+](=O)[O-])cc1)C(F)(F)C(F)(F)F. The lowest BCUT2D eigenvalue weighted by molar-refractivity contribution is -0.384. The topological polar surface area (TPSA) is 115 Å². The van der Waals surface area contributed by atoms with Gasteiger partial charge in [-0.05, 0) is 12.1 Å². The maximum Gasteiger partial charge on any atom is 0.455 e. The van der Waals surface area contributed by atoms with Gasteiger partial charge in [-0.1, -0.05) is 0 Å². The number of nitrogens with two attached hydrogens (primary N) is 1. The first-order chi connectivity index (χ1) is 10.3. The maximum atomic E-state index is 13.2. The van der Waals surface area contributed by atoms with E-state index in [0.29, 0.717) is 12.1 Å². The van der Waals surface area contributed by atoms with Crippen molar-refractivity contribution >= 4 is 15.7 Å². The molecule has 0 aliphatic heterocycles. The second kappa shape index (κ2) is 6.33. The molecule has 0 saturated heterocycles. The minimum atomic E-state index is -6.00. The molecule has 1 atom stereocenters. The second-order valence-electron chi connectivity index (χ2n) is 4.28. The molecule has 0 aliphatic carbocycles. The number of nitrogens with one attached hydrogen (secondary N) is 1. The number of halogens is 5. The molecule has 130 valence electrons. The monoisotopic (exact) mass is 363 g/mol. The number of rotatable bonds is 6. The van der Waals surface area contributed by atoms with Gasteiger partial charge in [0.2, 0.25) is 10.0 Å². The lowest BCUT2D eigenvalue weighted by atomic mass is 10.1. The van der Waals surface area contributed by atoms with E-state index in [9.17, 15) is 40.5 Å². The first-order valence-electron chi connectivity index (χ1n) is 5.74. The van der Waals surface area contributed by atoms with Gasteiger partial charge in [0, 0.05) is 18.7 Å². The third-order valence-electron chi connectivity index (χ3n) is 2.71. The normalized spacial score (nSPS) is 14.5. The van der Waals surface area contributed by atoms with Crippen LogP contribution in [0.25, 0.3) is 0 Å². The summed E-state index contributed by atoms with van der Waals surface area (Å²) < 4.78 is 88.0. The van der Waals surface area contributed by atoms with Crippen molar-refractivity contribution in [3.8, 4) is 0 Å². The Morgan fingerprint density at radius 1 is 1.17 bits per heavy atom. The third-order valence-corrected chi connectivity index (χ3v) is 4.19. The molecular formula is C10H10F5N3O4S. The number of non-ortho nitro benzene ring substituents is 1. The molecule has 13 heteroatoms. The van der Waals surface area contributed by atoms with Gasteiger partial charge in [-0.25, -0.2) is 13.1 Å². The van der Waals surface area contributed by atoms with Gasteiger partial charge in [0.25, 0.3) is 5.69 Å². The van der Waals surface area contributed by atoms with Crippen molar-refractivity contribution in [1.29, 1.82) is 0 Å². The van der Waals surface area contributed by atoms with Crippen molar-refractivity contribution in [3.05, 3.63) is 34.4 Å². The summed E-state index contributed by atoms with van der Waals surface area (Å²) in [6.45, 7) is -1.32. The molecule has 3 N–H and O–H groups in total. The van der Waals surface area contributed by atoms with Crippen LogP contribution in [0.4, 0.5) is 27.6 Å². The number of hydrogen-bond acceptors (Lipinski definition) is 5. The van der Waals surface area contributed by atoms with Crippen LogP contribution >= 0.6 is 0 Å². The Bertz CT molecular complexity index is 675. The lowest BCUT2D eigenvalue weighted by Gasteiger charge is -2.28. The Labute approximate surface area is 126 Å². The molecular weight excluding hydrogens is 353 g/mol. The summed E-state index contributed by atoms with van der Waals surface area (Å²) in [5, 5.41) is 10.4. The summed E-state index contributed by atoms with van der Waals surface area (Å²) >= 11 is 0. The molecule has 0 radical (unpaired) electrons. The van der Waals surface area contributed by atoms with E-state index in [1.807, 2.05) is 0 Å². The Hall–Kier alpha value is -1.86. The molecule has 0 bridgehead atoms. The highest BCUT2D eigenvalue weighted by atomic mass is 32.2. The first-order valence-corrected chi connectivity index (χ1v) is 7.22. The molecule has 0 amide bonds. The predicted molar refractivity (Wildman–Crippen MR) is 67.3 cm³/mol. The zero-order chi connectivity index (χ0) is 18.1. The van der Waals surface area contributed by atoms with E-state index in [2.05, 4.69) is 0 Å². The molecule has 0 aromatic heterocycles. The summed E-state index contributed by atoms with van der Waals surface area (Å²) in [6, 6.07) is -0.0239. The van der Waals surface area contributed by atoms with E-state index in [1.165, 1.54) is 0 Å². The van der Waals surface area contributed by atoms with Crippen molar-refractivity contribution in [3.63, 3.8) is 0 Å². The van der Waals surface area contributed by atoms with Gasteiger partial charge in [-0.2, -0.15) is 22.0 Å². The minimum absolute atomic E-state index is 0.486.